The summed E-state index contributed by atoms with van der Waals surface area (Å²) >= 11 is 0. The molecule has 0 bridgehead atoms. The lowest BCUT2D eigenvalue weighted by Gasteiger charge is -2.28. The third-order valence-corrected chi connectivity index (χ3v) is 7.87. The SMILES string of the molecule is Cc1cc(C(=O)N2Cc3ccc(C(=O)N4CCNCC4)n3Cc3ccccc32)ccc1-c1ccccc1C(F)(F)F.Cl. The monoisotopic (exact) mass is 594 g/mol. The van der Waals surface area contributed by atoms with Crippen molar-refractivity contribution in [1.82, 2.24) is 14.8 Å². The summed E-state index contributed by atoms with van der Waals surface area (Å²) in [4.78, 5) is 30.9. The minimum atomic E-state index is -4.49. The zero-order chi connectivity index (χ0) is 28.7. The van der Waals surface area contributed by atoms with Crippen LogP contribution in [0.25, 0.3) is 11.1 Å². The number of aryl methyl sites for hydroxylation is 1. The van der Waals surface area contributed by atoms with Gasteiger partial charge in [0.1, 0.15) is 5.69 Å². The van der Waals surface area contributed by atoms with Crippen LogP contribution in [0.15, 0.2) is 78.9 Å². The first-order chi connectivity index (χ1) is 19.7. The molecule has 2 aliphatic heterocycles. The molecule has 42 heavy (non-hydrogen) atoms. The topological polar surface area (TPSA) is 57.6 Å². The van der Waals surface area contributed by atoms with E-state index in [1.165, 1.54) is 12.1 Å². The van der Waals surface area contributed by atoms with Crippen LogP contribution in [0.3, 0.4) is 0 Å². The third-order valence-electron chi connectivity index (χ3n) is 7.87. The molecule has 10 heteroatoms. The van der Waals surface area contributed by atoms with Crippen molar-refractivity contribution >= 4 is 29.9 Å². The fourth-order valence-corrected chi connectivity index (χ4v) is 5.78. The summed E-state index contributed by atoms with van der Waals surface area (Å²) in [5.41, 5.74) is 3.81. The number of hydrogen-bond acceptors (Lipinski definition) is 3. The van der Waals surface area contributed by atoms with Crippen LogP contribution in [0, 0.1) is 6.92 Å². The van der Waals surface area contributed by atoms with Crippen LogP contribution in [0.5, 0.6) is 0 Å². The van der Waals surface area contributed by atoms with Crippen LogP contribution in [-0.2, 0) is 19.3 Å². The number of alkyl halides is 3. The first-order valence-electron chi connectivity index (χ1n) is 13.6. The van der Waals surface area contributed by atoms with Crippen LogP contribution < -0.4 is 10.2 Å². The van der Waals surface area contributed by atoms with Gasteiger partial charge < -0.3 is 19.7 Å². The van der Waals surface area contributed by atoms with E-state index >= 15 is 0 Å². The van der Waals surface area contributed by atoms with Gasteiger partial charge in [-0.3, -0.25) is 9.59 Å². The van der Waals surface area contributed by atoms with E-state index in [0.29, 0.717) is 42.0 Å². The average molecular weight is 595 g/mol. The van der Waals surface area contributed by atoms with E-state index in [4.69, 9.17) is 0 Å². The molecule has 0 atom stereocenters. The van der Waals surface area contributed by atoms with E-state index in [-0.39, 0.29) is 36.3 Å². The Morgan fingerprint density at radius 1 is 0.810 bits per heavy atom. The van der Waals surface area contributed by atoms with Crippen LogP contribution in [0.2, 0.25) is 0 Å². The number of hydrogen-bond donors (Lipinski definition) is 1. The van der Waals surface area contributed by atoms with Gasteiger partial charge in [0.2, 0.25) is 0 Å². The molecule has 0 spiro atoms. The minimum absolute atomic E-state index is 0. The van der Waals surface area contributed by atoms with E-state index in [0.717, 1.165) is 36.1 Å². The summed E-state index contributed by atoms with van der Waals surface area (Å²) in [7, 11) is 0. The molecule has 4 aromatic rings. The number of halogens is 4. The van der Waals surface area contributed by atoms with Gasteiger partial charge in [-0.25, -0.2) is 0 Å². The Morgan fingerprint density at radius 3 is 2.26 bits per heavy atom. The molecule has 2 aliphatic rings. The predicted octanol–water partition coefficient (Wildman–Crippen LogP) is 6.16. The van der Waals surface area contributed by atoms with Crippen LogP contribution in [-0.4, -0.2) is 47.5 Å². The molecule has 1 fully saturated rings. The van der Waals surface area contributed by atoms with Gasteiger partial charge >= 0.3 is 6.18 Å². The zero-order valence-electron chi connectivity index (χ0n) is 22.9. The molecule has 2 amide bonds. The Kier molecular flexibility index (Phi) is 8.17. The Hall–Kier alpha value is -4.08. The Labute approximate surface area is 248 Å². The molecule has 0 saturated carbocycles. The summed E-state index contributed by atoms with van der Waals surface area (Å²) < 4.78 is 43.0. The van der Waals surface area contributed by atoms with E-state index < -0.39 is 11.7 Å². The molecule has 3 heterocycles. The lowest BCUT2D eigenvalue weighted by atomic mass is 9.94. The molecule has 1 aromatic heterocycles. The van der Waals surface area contributed by atoms with Crippen molar-refractivity contribution in [2.75, 3.05) is 31.1 Å². The quantitative estimate of drug-likeness (QED) is 0.309. The molecule has 0 unspecified atom stereocenters. The first-order valence-corrected chi connectivity index (χ1v) is 13.6. The summed E-state index contributed by atoms with van der Waals surface area (Å²) in [5.74, 6) is -0.291. The van der Waals surface area contributed by atoms with Crippen molar-refractivity contribution in [3.63, 3.8) is 0 Å². The number of fused-ring (bicyclic) bond motifs is 2. The molecule has 6 nitrogen and oxygen atoms in total. The second kappa shape index (κ2) is 11.7. The lowest BCUT2D eigenvalue weighted by Crippen LogP contribution is -2.46. The number of piperazine rings is 1. The van der Waals surface area contributed by atoms with Gasteiger partial charge in [-0.1, -0.05) is 42.5 Å². The van der Waals surface area contributed by atoms with Gasteiger partial charge in [-0.15, -0.1) is 12.4 Å². The highest BCUT2D eigenvalue weighted by Crippen LogP contribution is 2.38. The second-order valence-corrected chi connectivity index (χ2v) is 10.4. The minimum Gasteiger partial charge on any atom is -0.335 e. The Balaban J connectivity index is 0.00000353. The van der Waals surface area contributed by atoms with Crippen LogP contribution >= 0.6 is 12.4 Å². The summed E-state index contributed by atoms with van der Waals surface area (Å²) in [5, 5.41) is 3.27. The predicted molar refractivity (Wildman–Crippen MR) is 158 cm³/mol. The molecule has 1 saturated heterocycles. The lowest BCUT2D eigenvalue weighted by molar-refractivity contribution is -0.137. The molecular formula is C32H30ClF3N4O2. The largest absolute Gasteiger partial charge is 0.417 e. The number of rotatable bonds is 3. The highest BCUT2D eigenvalue weighted by molar-refractivity contribution is 6.07. The Morgan fingerprint density at radius 2 is 1.52 bits per heavy atom. The molecule has 218 valence electrons. The number of carbonyl (C=O) groups is 2. The van der Waals surface area contributed by atoms with Gasteiger partial charge in [0.15, 0.2) is 0 Å². The number of amides is 2. The fourth-order valence-electron chi connectivity index (χ4n) is 5.78. The van der Waals surface area contributed by atoms with Gasteiger partial charge in [0.05, 0.1) is 18.7 Å². The highest BCUT2D eigenvalue weighted by atomic mass is 35.5. The summed E-state index contributed by atoms with van der Waals surface area (Å²) in [6.45, 7) is 5.21. The van der Waals surface area contributed by atoms with Gasteiger partial charge in [-0.05, 0) is 65.6 Å². The number of nitrogens with zero attached hydrogens (tertiary/aromatic N) is 3. The van der Waals surface area contributed by atoms with Crippen molar-refractivity contribution in [2.24, 2.45) is 0 Å². The van der Waals surface area contributed by atoms with E-state index in [1.807, 2.05) is 45.9 Å². The van der Waals surface area contributed by atoms with E-state index in [9.17, 15) is 22.8 Å². The molecule has 0 radical (unpaired) electrons. The third kappa shape index (κ3) is 5.42. The highest BCUT2D eigenvalue weighted by Gasteiger charge is 2.34. The molecule has 1 N–H and O–H groups in total. The molecule has 3 aromatic carbocycles. The second-order valence-electron chi connectivity index (χ2n) is 10.4. The zero-order valence-corrected chi connectivity index (χ0v) is 23.8. The number of para-hydroxylation sites is 1. The maximum Gasteiger partial charge on any atom is 0.417 e. The fraction of sp³-hybridized carbons (Fsp3) is 0.250. The first kappa shape index (κ1) is 29.4. The normalized spacial score (nSPS) is 14.9. The summed E-state index contributed by atoms with van der Waals surface area (Å²) in [6, 6.07) is 21.6. The smallest absolute Gasteiger partial charge is 0.335 e. The maximum atomic E-state index is 14.0. The average Bonchev–Trinajstić information content (AvgIpc) is 3.29. The van der Waals surface area contributed by atoms with Gasteiger partial charge in [0, 0.05) is 43.1 Å². The number of anilines is 1. The van der Waals surface area contributed by atoms with Crippen molar-refractivity contribution < 1.29 is 22.8 Å². The van der Waals surface area contributed by atoms with E-state index in [2.05, 4.69) is 5.32 Å². The number of carbonyl (C=O) groups excluding carboxylic acids is 2. The van der Waals surface area contributed by atoms with Crippen LogP contribution in [0.1, 0.15) is 43.2 Å². The number of nitrogens with one attached hydrogen (secondary N) is 1. The number of aromatic nitrogens is 1. The molecule has 6 rings (SSSR count). The van der Waals surface area contributed by atoms with Crippen LogP contribution in [0.4, 0.5) is 18.9 Å². The molecular weight excluding hydrogens is 565 g/mol. The van der Waals surface area contributed by atoms with Crippen molar-refractivity contribution in [3.05, 3.63) is 113 Å². The standard InChI is InChI=1S/C32H29F3N4O2.ClH/c1-21-18-22(10-12-25(21)26-7-3-4-8-27(26)32(33,34)35)30(40)39-20-24-11-13-29(31(41)37-16-14-36-15-17-37)38(24)19-23-6-2-5-9-28(23)39;/h2-13,18,36H,14-17,19-20H2,1H3;1H. The number of benzene rings is 3. The summed E-state index contributed by atoms with van der Waals surface area (Å²) in [6.07, 6.45) is -4.49. The molecule has 0 aliphatic carbocycles. The van der Waals surface area contributed by atoms with Gasteiger partial charge in [0.25, 0.3) is 11.8 Å². The van der Waals surface area contributed by atoms with Gasteiger partial charge in [-0.2, -0.15) is 13.2 Å². The van der Waals surface area contributed by atoms with Crippen molar-refractivity contribution in [2.45, 2.75) is 26.2 Å². The van der Waals surface area contributed by atoms with Crippen molar-refractivity contribution in [1.29, 1.82) is 0 Å². The maximum absolute atomic E-state index is 14.0. The Bertz CT molecular complexity index is 1640. The van der Waals surface area contributed by atoms with Crippen molar-refractivity contribution in [3.8, 4) is 11.1 Å². The van der Waals surface area contributed by atoms with E-state index in [1.54, 1.807) is 36.1 Å².